The van der Waals surface area contributed by atoms with Gasteiger partial charge in [-0.25, -0.2) is 4.57 Å². The van der Waals surface area contributed by atoms with E-state index in [0.717, 1.165) is 29.4 Å². The molecular weight excluding hydrogens is 379 g/mol. The maximum Gasteiger partial charge on any atom is 0.282 e. The molecule has 0 aliphatic carbocycles. The molecule has 1 aromatic heterocycles. The highest BCUT2D eigenvalue weighted by Gasteiger charge is 2.15. The Morgan fingerprint density at radius 1 is 1.07 bits per heavy atom. The Bertz CT molecular complexity index is 882. The Kier molecular flexibility index (Phi) is 7.45. The van der Waals surface area contributed by atoms with Crippen molar-refractivity contribution in [2.24, 2.45) is 5.10 Å². The molecule has 142 valence electrons. The molecule has 0 atom stereocenters. The van der Waals surface area contributed by atoms with E-state index in [-0.39, 0.29) is 12.4 Å². The first kappa shape index (κ1) is 21.0. The fourth-order valence-corrected chi connectivity index (χ4v) is 2.96. The normalized spacial score (nSPS) is 10.8. The second-order valence-corrected chi connectivity index (χ2v) is 6.83. The van der Waals surface area contributed by atoms with Crippen LogP contribution in [0.2, 0.25) is 5.02 Å². The van der Waals surface area contributed by atoms with E-state index in [0.29, 0.717) is 0 Å². The predicted molar refractivity (Wildman–Crippen MR) is 108 cm³/mol. The van der Waals surface area contributed by atoms with Gasteiger partial charge in [-0.3, -0.25) is 0 Å². The van der Waals surface area contributed by atoms with Crippen molar-refractivity contribution in [3.05, 3.63) is 82.9 Å². The standard InChI is InChI=1S/C21H24ClN4.ClH/c1-4-21-25(16-18-5-9-19(22)10-6-18)13-14-26(21)23-15-17-7-11-20(12-8-17)24(2)3;/h5-15H,4,16H2,1-3H3;1H/q+1;/p-1/b23-15+;. The number of hydrogen-bond acceptors (Lipinski definition) is 2. The zero-order valence-electron chi connectivity index (χ0n) is 15.8. The van der Waals surface area contributed by atoms with Gasteiger partial charge in [0, 0.05) is 31.2 Å². The quantitative estimate of drug-likeness (QED) is 0.445. The molecule has 0 amide bonds. The smallest absolute Gasteiger partial charge is 0.282 e. The van der Waals surface area contributed by atoms with Crippen LogP contribution in [0, 0.1) is 0 Å². The van der Waals surface area contributed by atoms with Crippen LogP contribution < -0.4 is 22.0 Å². The predicted octanol–water partition coefficient (Wildman–Crippen LogP) is 0.992. The zero-order chi connectivity index (χ0) is 18.5. The van der Waals surface area contributed by atoms with Crippen molar-refractivity contribution >= 4 is 23.5 Å². The summed E-state index contributed by atoms with van der Waals surface area (Å²) in [4.78, 5) is 2.09. The molecule has 0 bridgehead atoms. The van der Waals surface area contributed by atoms with E-state index in [9.17, 15) is 0 Å². The van der Waals surface area contributed by atoms with Gasteiger partial charge in [0.25, 0.3) is 5.82 Å². The maximum atomic E-state index is 5.97. The van der Waals surface area contributed by atoms with Crippen LogP contribution in [0.15, 0.2) is 66.0 Å². The molecular formula is C21H24Cl2N4. The minimum absolute atomic E-state index is 0. The number of halogens is 2. The van der Waals surface area contributed by atoms with Crippen LogP contribution in [0.5, 0.6) is 0 Å². The van der Waals surface area contributed by atoms with Gasteiger partial charge in [0.1, 0.15) is 12.7 Å². The van der Waals surface area contributed by atoms with Crippen LogP contribution in [0.3, 0.4) is 0 Å². The summed E-state index contributed by atoms with van der Waals surface area (Å²) in [6, 6.07) is 16.3. The fraction of sp³-hybridized carbons (Fsp3) is 0.238. The molecule has 0 spiro atoms. The lowest BCUT2D eigenvalue weighted by molar-refractivity contribution is -0.685. The van der Waals surface area contributed by atoms with Crippen LogP contribution in [0.25, 0.3) is 0 Å². The lowest BCUT2D eigenvalue weighted by Crippen LogP contribution is -3.00. The minimum Gasteiger partial charge on any atom is -1.00 e. The summed E-state index contributed by atoms with van der Waals surface area (Å²) >= 11 is 5.97. The van der Waals surface area contributed by atoms with Gasteiger partial charge in [-0.2, -0.15) is 0 Å². The van der Waals surface area contributed by atoms with Crippen molar-refractivity contribution in [1.82, 2.24) is 4.57 Å². The van der Waals surface area contributed by atoms with Crippen molar-refractivity contribution in [2.75, 3.05) is 19.0 Å². The molecule has 0 radical (unpaired) electrons. The lowest BCUT2D eigenvalue weighted by atomic mass is 10.2. The summed E-state index contributed by atoms with van der Waals surface area (Å²) in [5, 5.41) is 5.40. The number of imidazole rings is 1. The van der Waals surface area contributed by atoms with Gasteiger partial charge < -0.3 is 17.3 Å². The van der Waals surface area contributed by atoms with Gasteiger partial charge in [-0.05, 0) is 35.4 Å². The van der Waals surface area contributed by atoms with Crippen molar-refractivity contribution in [2.45, 2.75) is 19.9 Å². The molecule has 1 heterocycles. The minimum atomic E-state index is 0. The van der Waals surface area contributed by atoms with E-state index >= 15 is 0 Å². The highest BCUT2D eigenvalue weighted by atomic mass is 35.5. The lowest BCUT2D eigenvalue weighted by Gasteiger charge is -2.11. The van der Waals surface area contributed by atoms with Gasteiger partial charge in [0.15, 0.2) is 6.20 Å². The van der Waals surface area contributed by atoms with Crippen molar-refractivity contribution in [1.29, 1.82) is 0 Å². The molecule has 0 aliphatic heterocycles. The summed E-state index contributed by atoms with van der Waals surface area (Å²) in [5.74, 6) is 1.15. The van der Waals surface area contributed by atoms with Crippen LogP contribution in [-0.4, -0.2) is 24.9 Å². The number of anilines is 1. The molecule has 3 aromatic rings. The molecule has 2 aromatic carbocycles. The molecule has 0 saturated heterocycles. The fourth-order valence-electron chi connectivity index (χ4n) is 2.84. The molecule has 27 heavy (non-hydrogen) atoms. The monoisotopic (exact) mass is 402 g/mol. The van der Waals surface area contributed by atoms with Crippen molar-refractivity contribution < 1.29 is 17.1 Å². The van der Waals surface area contributed by atoms with Gasteiger partial charge in [0.2, 0.25) is 0 Å². The Morgan fingerprint density at radius 3 is 2.33 bits per heavy atom. The van der Waals surface area contributed by atoms with E-state index in [1.807, 2.05) is 43.3 Å². The van der Waals surface area contributed by atoms with Gasteiger partial charge in [0.05, 0.1) is 6.21 Å². The average Bonchev–Trinajstić information content (AvgIpc) is 3.03. The van der Waals surface area contributed by atoms with E-state index < -0.39 is 0 Å². The molecule has 0 aliphatic rings. The summed E-state index contributed by atoms with van der Waals surface area (Å²) in [6.07, 6.45) is 6.86. The molecule has 0 saturated carbocycles. The SMILES string of the molecule is CCc1n(Cc2ccc(Cl)cc2)cc[n+]1/N=C/c1ccc(N(C)C)cc1.[Cl-]. The second kappa shape index (κ2) is 9.58. The Morgan fingerprint density at radius 2 is 1.74 bits per heavy atom. The largest absolute Gasteiger partial charge is 1.00 e. The van der Waals surface area contributed by atoms with Crippen LogP contribution in [0.4, 0.5) is 5.69 Å². The number of aromatic nitrogens is 2. The average molecular weight is 403 g/mol. The molecule has 4 nitrogen and oxygen atoms in total. The number of rotatable bonds is 6. The summed E-state index contributed by atoms with van der Waals surface area (Å²) in [6.45, 7) is 2.95. The first-order valence-electron chi connectivity index (χ1n) is 8.72. The Labute approximate surface area is 172 Å². The third kappa shape index (κ3) is 5.34. The molecule has 0 fully saturated rings. The Balaban J connectivity index is 0.00000261. The van der Waals surface area contributed by atoms with Gasteiger partial charge >= 0.3 is 0 Å². The highest BCUT2D eigenvalue weighted by Crippen LogP contribution is 2.12. The maximum absolute atomic E-state index is 5.97. The van der Waals surface area contributed by atoms with Crippen LogP contribution in [-0.2, 0) is 13.0 Å². The van der Waals surface area contributed by atoms with Gasteiger partial charge in [-0.1, -0.05) is 47.9 Å². The molecule has 0 N–H and O–H groups in total. The summed E-state index contributed by atoms with van der Waals surface area (Å²) < 4.78 is 4.16. The van der Waals surface area contributed by atoms with E-state index in [1.54, 1.807) is 0 Å². The third-order valence-corrected chi connectivity index (χ3v) is 4.56. The van der Waals surface area contributed by atoms with Gasteiger partial charge in [-0.15, -0.1) is 4.68 Å². The molecule has 0 unspecified atom stereocenters. The highest BCUT2D eigenvalue weighted by molar-refractivity contribution is 6.30. The Hall–Kier alpha value is -2.30. The zero-order valence-corrected chi connectivity index (χ0v) is 17.3. The topological polar surface area (TPSA) is 24.4 Å². The van der Waals surface area contributed by atoms with E-state index in [2.05, 4.69) is 64.1 Å². The second-order valence-electron chi connectivity index (χ2n) is 6.40. The van der Waals surface area contributed by atoms with Crippen LogP contribution in [0.1, 0.15) is 23.9 Å². The summed E-state index contributed by atoms with van der Waals surface area (Å²) in [7, 11) is 4.08. The van der Waals surface area contributed by atoms with Crippen LogP contribution >= 0.6 is 11.6 Å². The number of benzene rings is 2. The first-order chi connectivity index (χ1) is 12.6. The number of nitrogens with zero attached hydrogens (tertiary/aromatic N) is 4. The van der Waals surface area contributed by atoms with E-state index in [4.69, 9.17) is 11.6 Å². The van der Waals surface area contributed by atoms with Crippen molar-refractivity contribution in [3.63, 3.8) is 0 Å². The van der Waals surface area contributed by atoms with Crippen molar-refractivity contribution in [3.8, 4) is 0 Å². The number of hydrogen-bond donors (Lipinski definition) is 0. The molecule has 6 heteroatoms. The third-order valence-electron chi connectivity index (χ3n) is 4.31. The first-order valence-corrected chi connectivity index (χ1v) is 9.10. The summed E-state index contributed by atoms with van der Waals surface area (Å²) in [5.41, 5.74) is 3.48. The molecule has 3 rings (SSSR count). The van der Waals surface area contributed by atoms with E-state index in [1.165, 1.54) is 11.3 Å².